The van der Waals surface area contributed by atoms with Crippen molar-refractivity contribution < 1.29 is 4.79 Å². The van der Waals surface area contributed by atoms with Gasteiger partial charge in [0.05, 0.1) is 0 Å². The van der Waals surface area contributed by atoms with Crippen LogP contribution in [0.1, 0.15) is 26.7 Å². The lowest BCUT2D eigenvalue weighted by Crippen LogP contribution is -2.51. The van der Waals surface area contributed by atoms with Crippen molar-refractivity contribution in [3.05, 3.63) is 0 Å². The van der Waals surface area contributed by atoms with Gasteiger partial charge in [0.1, 0.15) is 5.38 Å². The van der Waals surface area contributed by atoms with Crippen LogP contribution in [0.15, 0.2) is 0 Å². The van der Waals surface area contributed by atoms with Gasteiger partial charge >= 0.3 is 0 Å². The van der Waals surface area contributed by atoms with Gasteiger partial charge in [-0.05, 0) is 19.3 Å². The van der Waals surface area contributed by atoms with Gasteiger partial charge in [0.25, 0.3) is 0 Å². The van der Waals surface area contributed by atoms with Crippen molar-refractivity contribution in [2.24, 2.45) is 11.7 Å². The average Bonchev–Trinajstić information content (AvgIpc) is 2.16. The molecule has 0 aliphatic carbocycles. The van der Waals surface area contributed by atoms with E-state index in [4.69, 9.17) is 17.3 Å². The molecular weight excluding hydrogens is 200 g/mol. The molecule has 0 aromatic carbocycles. The van der Waals surface area contributed by atoms with Crippen LogP contribution in [0.2, 0.25) is 0 Å². The molecule has 1 amide bonds. The largest absolute Gasteiger partial charge is 0.340 e. The molecule has 82 valence electrons. The number of carbonyl (C=O) groups is 1. The maximum atomic E-state index is 11.6. The molecular formula is C10H19ClN2O. The Labute approximate surface area is 90.6 Å². The average molecular weight is 219 g/mol. The van der Waals surface area contributed by atoms with Crippen LogP contribution in [0.3, 0.4) is 0 Å². The van der Waals surface area contributed by atoms with Crippen molar-refractivity contribution in [3.8, 4) is 0 Å². The van der Waals surface area contributed by atoms with Gasteiger partial charge < -0.3 is 10.6 Å². The van der Waals surface area contributed by atoms with Crippen LogP contribution in [-0.4, -0.2) is 35.3 Å². The summed E-state index contributed by atoms with van der Waals surface area (Å²) in [6.07, 6.45) is 2.10. The summed E-state index contributed by atoms with van der Waals surface area (Å²) in [5.41, 5.74) is 5.98. The van der Waals surface area contributed by atoms with E-state index < -0.39 is 5.38 Å². The highest BCUT2D eigenvalue weighted by molar-refractivity contribution is 6.30. The fraction of sp³-hybridized carbons (Fsp3) is 0.900. The third-order valence-corrected chi connectivity index (χ3v) is 3.17. The second kappa shape index (κ2) is 4.99. The van der Waals surface area contributed by atoms with Gasteiger partial charge in [-0.25, -0.2) is 0 Å². The number of piperidine rings is 1. The van der Waals surface area contributed by atoms with Crippen LogP contribution in [-0.2, 0) is 4.79 Å². The molecule has 0 spiro atoms. The molecule has 1 aliphatic rings. The van der Waals surface area contributed by atoms with Gasteiger partial charge in [0.15, 0.2) is 0 Å². The molecule has 3 unspecified atom stereocenters. The lowest BCUT2D eigenvalue weighted by Gasteiger charge is -2.36. The van der Waals surface area contributed by atoms with Crippen molar-refractivity contribution >= 4 is 17.5 Å². The van der Waals surface area contributed by atoms with Crippen LogP contribution in [0.4, 0.5) is 0 Å². The lowest BCUT2D eigenvalue weighted by atomic mass is 9.90. The van der Waals surface area contributed by atoms with Crippen molar-refractivity contribution in [1.29, 1.82) is 0 Å². The number of nitrogens with zero attached hydrogens (tertiary/aromatic N) is 1. The van der Waals surface area contributed by atoms with Gasteiger partial charge in [-0.15, -0.1) is 11.6 Å². The molecule has 3 atom stereocenters. The standard InChI is InChI=1S/C10H19ClN2O/c1-3-8-4-5-13(6-9(8)12)10(14)7(2)11/h7-9H,3-6,12H2,1-2H3. The molecule has 1 fully saturated rings. The number of hydrogen-bond donors (Lipinski definition) is 1. The predicted molar refractivity (Wildman–Crippen MR) is 58.3 cm³/mol. The quantitative estimate of drug-likeness (QED) is 0.708. The molecule has 3 nitrogen and oxygen atoms in total. The van der Waals surface area contributed by atoms with Gasteiger partial charge in [-0.1, -0.05) is 13.3 Å². The molecule has 4 heteroatoms. The van der Waals surface area contributed by atoms with E-state index in [-0.39, 0.29) is 11.9 Å². The number of amides is 1. The van der Waals surface area contributed by atoms with E-state index in [1.165, 1.54) is 0 Å². The number of carbonyl (C=O) groups excluding carboxylic acids is 1. The Morgan fingerprint density at radius 3 is 2.79 bits per heavy atom. The Balaban J connectivity index is 2.50. The highest BCUT2D eigenvalue weighted by Crippen LogP contribution is 2.20. The third kappa shape index (κ3) is 2.61. The zero-order chi connectivity index (χ0) is 10.7. The topological polar surface area (TPSA) is 46.3 Å². The smallest absolute Gasteiger partial charge is 0.240 e. The first-order chi connectivity index (χ1) is 6.56. The van der Waals surface area contributed by atoms with Crippen molar-refractivity contribution in [2.45, 2.75) is 38.1 Å². The summed E-state index contributed by atoms with van der Waals surface area (Å²) in [7, 11) is 0. The summed E-state index contributed by atoms with van der Waals surface area (Å²) in [6.45, 7) is 5.32. The molecule has 1 heterocycles. The fourth-order valence-corrected chi connectivity index (χ4v) is 2.13. The van der Waals surface area contributed by atoms with Gasteiger partial charge in [0.2, 0.25) is 5.91 Å². The van der Waals surface area contributed by atoms with Crippen molar-refractivity contribution in [1.82, 2.24) is 4.90 Å². The zero-order valence-electron chi connectivity index (χ0n) is 8.87. The van der Waals surface area contributed by atoms with Crippen LogP contribution in [0.25, 0.3) is 0 Å². The van der Waals surface area contributed by atoms with Gasteiger partial charge in [0, 0.05) is 19.1 Å². The van der Waals surface area contributed by atoms with Crippen molar-refractivity contribution in [3.63, 3.8) is 0 Å². The molecule has 0 aromatic rings. The van der Waals surface area contributed by atoms with Crippen molar-refractivity contribution in [2.75, 3.05) is 13.1 Å². The molecule has 0 aromatic heterocycles. The summed E-state index contributed by atoms with van der Waals surface area (Å²) in [6, 6.07) is 0.119. The summed E-state index contributed by atoms with van der Waals surface area (Å²) in [5, 5.41) is -0.430. The monoisotopic (exact) mass is 218 g/mol. The van der Waals surface area contributed by atoms with E-state index in [0.29, 0.717) is 12.5 Å². The maximum Gasteiger partial charge on any atom is 0.240 e. The fourth-order valence-electron chi connectivity index (χ4n) is 1.99. The third-order valence-electron chi connectivity index (χ3n) is 2.98. The van der Waals surface area contributed by atoms with E-state index in [9.17, 15) is 4.79 Å². The minimum absolute atomic E-state index is 0.0108. The second-order valence-corrected chi connectivity index (χ2v) is 4.68. The molecule has 0 bridgehead atoms. The van der Waals surface area contributed by atoms with Crippen LogP contribution >= 0.6 is 11.6 Å². The van der Waals surface area contributed by atoms with Crippen LogP contribution < -0.4 is 5.73 Å². The Hall–Kier alpha value is -0.280. The SMILES string of the molecule is CCC1CCN(C(=O)C(C)Cl)CC1N. The Morgan fingerprint density at radius 1 is 1.71 bits per heavy atom. The molecule has 1 rings (SSSR count). The van der Waals surface area contributed by atoms with Gasteiger partial charge in [-0.3, -0.25) is 4.79 Å². The number of rotatable bonds is 2. The van der Waals surface area contributed by atoms with Crippen LogP contribution in [0.5, 0.6) is 0 Å². The zero-order valence-corrected chi connectivity index (χ0v) is 9.63. The molecule has 14 heavy (non-hydrogen) atoms. The number of nitrogens with two attached hydrogens (primary N) is 1. The molecule has 1 aliphatic heterocycles. The van der Waals surface area contributed by atoms with E-state index >= 15 is 0 Å². The number of likely N-dealkylation sites (tertiary alicyclic amines) is 1. The first kappa shape index (κ1) is 11.8. The highest BCUT2D eigenvalue weighted by atomic mass is 35.5. The number of hydrogen-bond acceptors (Lipinski definition) is 2. The molecule has 0 saturated carbocycles. The molecule has 1 saturated heterocycles. The maximum absolute atomic E-state index is 11.6. The predicted octanol–water partition coefficient (Wildman–Crippen LogP) is 1.20. The number of alkyl halides is 1. The van der Waals surface area contributed by atoms with Gasteiger partial charge in [-0.2, -0.15) is 0 Å². The van der Waals surface area contributed by atoms with E-state index in [2.05, 4.69) is 6.92 Å². The Morgan fingerprint density at radius 2 is 2.36 bits per heavy atom. The first-order valence-corrected chi connectivity index (χ1v) is 5.68. The van der Waals surface area contributed by atoms with Crippen LogP contribution in [0, 0.1) is 5.92 Å². The van der Waals surface area contributed by atoms with E-state index in [1.54, 1.807) is 11.8 Å². The van der Waals surface area contributed by atoms with E-state index in [1.807, 2.05) is 0 Å². The Kier molecular flexibility index (Phi) is 4.20. The second-order valence-electron chi connectivity index (χ2n) is 4.02. The summed E-state index contributed by atoms with van der Waals surface area (Å²) in [5.74, 6) is 0.571. The number of halogens is 1. The summed E-state index contributed by atoms with van der Waals surface area (Å²) < 4.78 is 0. The lowest BCUT2D eigenvalue weighted by molar-refractivity contribution is -0.132. The van der Waals surface area contributed by atoms with E-state index in [0.717, 1.165) is 19.4 Å². The first-order valence-electron chi connectivity index (χ1n) is 5.24. The molecule has 2 N–H and O–H groups in total. The Bertz CT molecular complexity index is 208. The highest BCUT2D eigenvalue weighted by Gasteiger charge is 2.29. The summed E-state index contributed by atoms with van der Waals surface area (Å²) in [4.78, 5) is 13.4. The minimum atomic E-state index is -0.430. The summed E-state index contributed by atoms with van der Waals surface area (Å²) >= 11 is 5.75. The molecule has 0 radical (unpaired) electrons. The normalized spacial score (nSPS) is 30.1. The minimum Gasteiger partial charge on any atom is -0.340 e.